The molecular formula is C20H18N6O2S. The van der Waals surface area contributed by atoms with E-state index in [0.717, 1.165) is 41.3 Å². The number of hydrogen-bond acceptors (Lipinski definition) is 6. The van der Waals surface area contributed by atoms with E-state index in [-0.39, 0.29) is 10.6 Å². The van der Waals surface area contributed by atoms with Crippen molar-refractivity contribution in [2.75, 3.05) is 0 Å². The summed E-state index contributed by atoms with van der Waals surface area (Å²) in [5, 5.41) is 13.2. The molecule has 0 aliphatic carbocycles. The van der Waals surface area contributed by atoms with Crippen LogP contribution in [0.1, 0.15) is 6.42 Å². The van der Waals surface area contributed by atoms with Gasteiger partial charge < -0.3 is 9.13 Å². The summed E-state index contributed by atoms with van der Waals surface area (Å²) < 4.78 is 4.13. The zero-order chi connectivity index (χ0) is 20.1. The number of hydrogen-bond donors (Lipinski definition) is 0. The third-order valence-electron chi connectivity index (χ3n) is 4.38. The summed E-state index contributed by atoms with van der Waals surface area (Å²) in [6, 6.07) is 10.4. The number of aromatic nitrogens is 4. The number of nitrogens with zero attached hydrogens (tertiary/aromatic N) is 6. The Hall–Kier alpha value is -3.59. The largest absolute Gasteiger partial charge is 0.337 e. The maximum Gasteiger partial charge on any atom is 0.270 e. The highest BCUT2D eigenvalue weighted by atomic mass is 32.1. The molecule has 0 amide bonds. The van der Waals surface area contributed by atoms with Gasteiger partial charge in [0.1, 0.15) is 0 Å². The van der Waals surface area contributed by atoms with Gasteiger partial charge in [-0.3, -0.25) is 15.1 Å². The Morgan fingerprint density at radius 2 is 2.07 bits per heavy atom. The number of nitro benzene ring substituents is 1. The zero-order valence-corrected chi connectivity index (χ0v) is 16.3. The summed E-state index contributed by atoms with van der Waals surface area (Å²) >= 11 is 1.51. The van der Waals surface area contributed by atoms with Gasteiger partial charge in [0.15, 0.2) is 4.80 Å². The van der Waals surface area contributed by atoms with Crippen LogP contribution in [0.3, 0.4) is 0 Å². The SMILES string of the molecule is O=[N+]([O-])c1cccc(-c2csc(=Nc3cccnc3)n2CCCn2ccnc2)c1. The molecule has 0 unspecified atom stereocenters. The molecule has 29 heavy (non-hydrogen) atoms. The summed E-state index contributed by atoms with van der Waals surface area (Å²) in [5.41, 5.74) is 2.55. The molecule has 3 heterocycles. The average Bonchev–Trinajstić information content (AvgIpc) is 3.39. The minimum absolute atomic E-state index is 0.0735. The number of aryl methyl sites for hydroxylation is 1. The Labute approximate surface area is 170 Å². The zero-order valence-electron chi connectivity index (χ0n) is 15.5. The van der Waals surface area contributed by atoms with E-state index in [2.05, 4.69) is 14.5 Å². The second-order valence-electron chi connectivity index (χ2n) is 6.34. The number of pyridine rings is 1. The molecule has 0 fully saturated rings. The molecule has 4 rings (SSSR count). The third-order valence-corrected chi connectivity index (χ3v) is 5.24. The monoisotopic (exact) mass is 406 g/mol. The van der Waals surface area contributed by atoms with Crippen molar-refractivity contribution in [3.05, 3.63) is 87.8 Å². The Balaban J connectivity index is 1.71. The fraction of sp³-hybridized carbons (Fsp3) is 0.150. The highest BCUT2D eigenvalue weighted by molar-refractivity contribution is 7.07. The lowest BCUT2D eigenvalue weighted by molar-refractivity contribution is -0.384. The standard InChI is InChI=1S/C20H18N6O2S/c27-26(28)18-6-1-4-16(12-18)19-14-29-20(23-17-5-2-7-21-13-17)25(19)10-3-9-24-11-8-22-15-24/h1-2,4-8,11-15H,3,9-10H2. The number of benzene rings is 1. The minimum atomic E-state index is -0.375. The molecule has 4 aromatic rings. The highest BCUT2D eigenvalue weighted by Gasteiger charge is 2.12. The van der Waals surface area contributed by atoms with Crippen LogP contribution in [0.4, 0.5) is 11.4 Å². The summed E-state index contributed by atoms with van der Waals surface area (Å²) in [6.45, 7) is 1.54. The van der Waals surface area contributed by atoms with Crippen molar-refractivity contribution in [3.63, 3.8) is 0 Å². The van der Waals surface area contributed by atoms with Crippen LogP contribution in [0.25, 0.3) is 11.3 Å². The number of imidazole rings is 1. The van der Waals surface area contributed by atoms with Crippen LogP contribution < -0.4 is 4.80 Å². The Bertz CT molecular complexity index is 1170. The predicted octanol–water partition coefficient (Wildman–Crippen LogP) is 4.04. The Kier molecular flexibility index (Phi) is 5.57. The van der Waals surface area contributed by atoms with Gasteiger partial charge in [-0.2, -0.15) is 0 Å². The minimum Gasteiger partial charge on any atom is -0.337 e. The maximum atomic E-state index is 11.2. The van der Waals surface area contributed by atoms with E-state index in [1.807, 2.05) is 34.3 Å². The molecule has 0 N–H and O–H groups in total. The maximum absolute atomic E-state index is 11.2. The molecule has 0 atom stereocenters. The first-order valence-corrected chi connectivity index (χ1v) is 9.92. The van der Waals surface area contributed by atoms with Crippen molar-refractivity contribution in [1.82, 2.24) is 19.1 Å². The molecule has 0 bridgehead atoms. The van der Waals surface area contributed by atoms with Crippen LogP contribution in [0.15, 0.2) is 77.9 Å². The lowest BCUT2D eigenvalue weighted by Crippen LogP contribution is -2.17. The van der Waals surface area contributed by atoms with E-state index < -0.39 is 0 Å². The highest BCUT2D eigenvalue weighted by Crippen LogP contribution is 2.25. The summed E-state index contributed by atoms with van der Waals surface area (Å²) in [5.74, 6) is 0. The first-order chi connectivity index (χ1) is 14.2. The van der Waals surface area contributed by atoms with E-state index >= 15 is 0 Å². The summed E-state index contributed by atoms with van der Waals surface area (Å²) in [4.78, 5) is 24.6. The molecule has 8 nitrogen and oxygen atoms in total. The molecule has 0 spiro atoms. The molecule has 146 valence electrons. The number of non-ortho nitro benzene ring substituents is 1. The lowest BCUT2D eigenvalue weighted by Gasteiger charge is -2.10. The van der Waals surface area contributed by atoms with Crippen molar-refractivity contribution in [1.29, 1.82) is 0 Å². The van der Waals surface area contributed by atoms with E-state index in [9.17, 15) is 10.1 Å². The lowest BCUT2D eigenvalue weighted by atomic mass is 10.1. The van der Waals surface area contributed by atoms with Gasteiger partial charge in [0.2, 0.25) is 0 Å². The van der Waals surface area contributed by atoms with Crippen LogP contribution in [-0.2, 0) is 13.1 Å². The van der Waals surface area contributed by atoms with E-state index in [1.54, 1.807) is 37.1 Å². The molecular weight excluding hydrogens is 388 g/mol. The van der Waals surface area contributed by atoms with Gasteiger partial charge in [-0.25, -0.2) is 9.98 Å². The van der Waals surface area contributed by atoms with Gasteiger partial charge in [0.25, 0.3) is 5.69 Å². The van der Waals surface area contributed by atoms with Gasteiger partial charge in [-0.05, 0) is 18.6 Å². The van der Waals surface area contributed by atoms with Crippen molar-refractivity contribution in [2.45, 2.75) is 19.5 Å². The fourth-order valence-electron chi connectivity index (χ4n) is 3.01. The third kappa shape index (κ3) is 4.46. The van der Waals surface area contributed by atoms with Crippen molar-refractivity contribution < 1.29 is 4.92 Å². The molecule has 1 aromatic carbocycles. The normalized spacial score (nSPS) is 11.7. The van der Waals surface area contributed by atoms with Crippen molar-refractivity contribution >= 4 is 22.7 Å². The second kappa shape index (κ2) is 8.61. The van der Waals surface area contributed by atoms with Crippen molar-refractivity contribution in [3.8, 4) is 11.3 Å². The Morgan fingerprint density at radius 3 is 2.83 bits per heavy atom. The van der Waals surface area contributed by atoms with E-state index in [1.165, 1.54) is 17.4 Å². The average molecular weight is 406 g/mol. The molecule has 0 radical (unpaired) electrons. The summed E-state index contributed by atoms with van der Waals surface area (Å²) in [7, 11) is 0. The first-order valence-electron chi connectivity index (χ1n) is 9.04. The van der Waals surface area contributed by atoms with Gasteiger partial charge in [0.05, 0.1) is 28.8 Å². The quantitative estimate of drug-likeness (QED) is 0.342. The van der Waals surface area contributed by atoms with E-state index in [4.69, 9.17) is 4.99 Å². The van der Waals surface area contributed by atoms with E-state index in [0.29, 0.717) is 0 Å². The molecule has 0 saturated carbocycles. The predicted molar refractivity (Wildman–Crippen MR) is 111 cm³/mol. The van der Waals surface area contributed by atoms with Crippen LogP contribution >= 0.6 is 11.3 Å². The molecule has 0 aliphatic rings. The molecule has 3 aromatic heterocycles. The fourth-order valence-corrected chi connectivity index (χ4v) is 3.96. The van der Waals surface area contributed by atoms with Crippen molar-refractivity contribution in [2.24, 2.45) is 4.99 Å². The topological polar surface area (TPSA) is 91.1 Å². The number of rotatable bonds is 7. The molecule has 9 heteroatoms. The number of thiazole rings is 1. The molecule has 0 saturated heterocycles. The number of nitro groups is 1. The second-order valence-corrected chi connectivity index (χ2v) is 7.18. The summed E-state index contributed by atoms with van der Waals surface area (Å²) in [6.07, 6.45) is 9.77. The van der Waals surface area contributed by atoms with Gasteiger partial charge in [-0.15, -0.1) is 11.3 Å². The first kappa shape index (κ1) is 18.8. The van der Waals surface area contributed by atoms with Crippen LogP contribution in [-0.4, -0.2) is 24.0 Å². The van der Waals surface area contributed by atoms with Gasteiger partial charge in [0, 0.05) is 54.8 Å². The molecule has 0 aliphatic heterocycles. The Morgan fingerprint density at radius 1 is 1.14 bits per heavy atom. The van der Waals surface area contributed by atoms with Crippen LogP contribution in [0.5, 0.6) is 0 Å². The van der Waals surface area contributed by atoms with Gasteiger partial charge >= 0.3 is 0 Å². The van der Waals surface area contributed by atoms with Crippen LogP contribution in [0, 0.1) is 10.1 Å². The van der Waals surface area contributed by atoms with Crippen LogP contribution in [0.2, 0.25) is 0 Å². The van der Waals surface area contributed by atoms with Gasteiger partial charge in [-0.1, -0.05) is 12.1 Å². The smallest absolute Gasteiger partial charge is 0.270 e.